The maximum atomic E-state index is 11.8. The molecule has 0 saturated carbocycles. The highest BCUT2D eigenvalue weighted by Gasteiger charge is 2.20. The summed E-state index contributed by atoms with van der Waals surface area (Å²) in [7, 11) is 0. The Morgan fingerprint density at radius 3 is 2.86 bits per heavy atom. The molecule has 21 heavy (non-hydrogen) atoms. The van der Waals surface area contributed by atoms with Crippen molar-refractivity contribution in [3.63, 3.8) is 0 Å². The van der Waals surface area contributed by atoms with Gasteiger partial charge in [-0.2, -0.15) is 0 Å². The first kappa shape index (κ1) is 15.6. The molecule has 1 N–H and O–H groups in total. The summed E-state index contributed by atoms with van der Waals surface area (Å²) in [5.74, 6) is -0.217. The van der Waals surface area contributed by atoms with E-state index in [4.69, 9.17) is 4.74 Å². The molecule has 1 aromatic carbocycles. The van der Waals surface area contributed by atoms with Gasteiger partial charge in [0, 0.05) is 22.7 Å². The predicted octanol–water partition coefficient (Wildman–Crippen LogP) is 4.59. The topological polar surface area (TPSA) is 38.3 Å². The van der Waals surface area contributed by atoms with E-state index >= 15 is 0 Å². The summed E-state index contributed by atoms with van der Waals surface area (Å²) < 4.78 is 5.08. The molecule has 3 nitrogen and oxygen atoms in total. The lowest BCUT2D eigenvalue weighted by molar-refractivity contribution is 0.0532. The second-order valence-electron chi connectivity index (χ2n) is 4.41. The van der Waals surface area contributed by atoms with Crippen molar-refractivity contribution < 1.29 is 9.53 Å². The van der Waals surface area contributed by atoms with Gasteiger partial charge in [0.15, 0.2) is 0 Å². The monoisotopic (exact) mass is 303 g/mol. The molecule has 0 fully saturated rings. The lowest BCUT2D eigenvalue weighted by Gasteiger charge is -2.06. The van der Waals surface area contributed by atoms with Crippen LogP contribution in [0.2, 0.25) is 0 Å². The van der Waals surface area contributed by atoms with Crippen molar-refractivity contribution >= 4 is 23.0 Å². The number of fused-ring (bicyclic) bond motifs is 3. The van der Waals surface area contributed by atoms with Crippen LogP contribution < -0.4 is 5.32 Å². The van der Waals surface area contributed by atoms with Gasteiger partial charge in [0.1, 0.15) is 4.88 Å². The molecule has 0 amide bonds. The molecule has 0 saturated heterocycles. The van der Waals surface area contributed by atoms with Gasteiger partial charge in [0.25, 0.3) is 0 Å². The Morgan fingerprint density at radius 1 is 1.33 bits per heavy atom. The summed E-state index contributed by atoms with van der Waals surface area (Å²) in [6, 6.07) is 10.2. The summed E-state index contributed by atoms with van der Waals surface area (Å²) in [5.41, 5.74) is 3.54. The van der Waals surface area contributed by atoms with Crippen LogP contribution in [0.3, 0.4) is 0 Å². The Bertz CT molecular complexity index is 619. The van der Waals surface area contributed by atoms with E-state index in [0.717, 1.165) is 18.7 Å². The van der Waals surface area contributed by atoms with Crippen LogP contribution in [-0.2, 0) is 11.2 Å². The molecule has 2 heterocycles. The van der Waals surface area contributed by atoms with Crippen LogP contribution in [0.25, 0.3) is 10.4 Å². The van der Waals surface area contributed by atoms with E-state index in [2.05, 4.69) is 17.4 Å². The molecule has 0 bridgehead atoms. The number of thiophene rings is 1. The summed E-state index contributed by atoms with van der Waals surface area (Å²) in [6.45, 7) is 7.14. The highest BCUT2D eigenvalue weighted by atomic mass is 32.1. The third-order valence-corrected chi connectivity index (χ3v) is 4.36. The second kappa shape index (κ2) is 7.27. The summed E-state index contributed by atoms with van der Waals surface area (Å²) >= 11 is 1.52. The molecule has 3 rings (SSSR count). The van der Waals surface area contributed by atoms with Crippen molar-refractivity contribution in [3.8, 4) is 10.4 Å². The highest BCUT2D eigenvalue weighted by molar-refractivity contribution is 7.17. The molecule has 112 valence electrons. The van der Waals surface area contributed by atoms with Gasteiger partial charge in [-0.15, -0.1) is 11.3 Å². The molecule has 1 aromatic heterocycles. The average Bonchev–Trinajstić information content (AvgIpc) is 2.87. The van der Waals surface area contributed by atoms with E-state index in [1.54, 1.807) is 0 Å². The molecule has 0 atom stereocenters. The number of hydrogen-bond acceptors (Lipinski definition) is 4. The van der Waals surface area contributed by atoms with Gasteiger partial charge < -0.3 is 10.1 Å². The number of carbonyl (C=O) groups is 1. The summed E-state index contributed by atoms with van der Waals surface area (Å²) in [4.78, 5) is 13.7. The minimum absolute atomic E-state index is 0.217. The van der Waals surface area contributed by atoms with Crippen LogP contribution >= 0.6 is 11.3 Å². The number of nitrogens with one attached hydrogen (secondary N) is 1. The number of para-hydroxylation sites is 1. The van der Waals surface area contributed by atoms with Crippen molar-refractivity contribution in [2.24, 2.45) is 0 Å². The van der Waals surface area contributed by atoms with Crippen LogP contribution in [-0.4, -0.2) is 19.1 Å². The molecule has 4 heteroatoms. The maximum absolute atomic E-state index is 11.8. The first-order valence-electron chi connectivity index (χ1n) is 7.42. The number of rotatable bonds is 2. The third kappa shape index (κ3) is 3.27. The van der Waals surface area contributed by atoms with E-state index in [1.165, 1.54) is 27.3 Å². The number of hydrogen-bond donors (Lipinski definition) is 1. The molecule has 0 aliphatic carbocycles. The summed E-state index contributed by atoms with van der Waals surface area (Å²) in [6.07, 6.45) is 0.930. The lowest BCUT2D eigenvalue weighted by Crippen LogP contribution is -2.03. The van der Waals surface area contributed by atoms with Crippen LogP contribution in [0.15, 0.2) is 30.3 Å². The molecule has 1 aliphatic heterocycles. The number of ether oxygens (including phenoxy) is 1. The van der Waals surface area contributed by atoms with E-state index in [9.17, 15) is 4.79 Å². The molecule has 1 aliphatic rings. The lowest BCUT2D eigenvalue weighted by atomic mass is 10.1. The first-order chi connectivity index (χ1) is 10.3. The Morgan fingerprint density at radius 2 is 2.10 bits per heavy atom. The molecule has 2 aromatic rings. The molecular weight excluding hydrogens is 282 g/mol. The second-order valence-corrected chi connectivity index (χ2v) is 5.46. The minimum atomic E-state index is -0.217. The van der Waals surface area contributed by atoms with E-state index in [0.29, 0.717) is 11.5 Å². The largest absolute Gasteiger partial charge is 0.462 e. The molecular formula is C17H21NO2S. The first-order valence-corrected chi connectivity index (χ1v) is 8.24. The number of esters is 1. The van der Waals surface area contributed by atoms with Crippen molar-refractivity contribution in [2.75, 3.05) is 18.5 Å². The number of carbonyl (C=O) groups excluding carboxylic acids is 1. The Balaban J connectivity index is 0.000000774. The van der Waals surface area contributed by atoms with Crippen molar-refractivity contribution in [1.82, 2.24) is 0 Å². The zero-order valence-electron chi connectivity index (χ0n) is 12.7. The van der Waals surface area contributed by atoms with Crippen molar-refractivity contribution in [2.45, 2.75) is 27.2 Å². The van der Waals surface area contributed by atoms with Crippen molar-refractivity contribution in [3.05, 3.63) is 40.8 Å². The van der Waals surface area contributed by atoms with Gasteiger partial charge >= 0.3 is 5.97 Å². The van der Waals surface area contributed by atoms with Crippen LogP contribution in [0, 0.1) is 0 Å². The average molecular weight is 303 g/mol. The van der Waals surface area contributed by atoms with E-state index in [1.807, 2.05) is 39.0 Å². The zero-order valence-corrected chi connectivity index (χ0v) is 13.5. The highest BCUT2D eigenvalue weighted by Crippen LogP contribution is 2.39. The Labute approximate surface area is 130 Å². The Kier molecular flexibility index (Phi) is 5.39. The van der Waals surface area contributed by atoms with Crippen LogP contribution in [0.4, 0.5) is 5.69 Å². The van der Waals surface area contributed by atoms with Gasteiger partial charge in [0.2, 0.25) is 0 Å². The predicted molar refractivity (Wildman–Crippen MR) is 89.3 cm³/mol. The smallest absolute Gasteiger partial charge is 0.348 e. The number of anilines is 1. The molecule has 0 unspecified atom stereocenters. The fourth-order valence-electron chi connectivity index (χ4n) is 2.31. The standard InChI is InChI=1S/C15H15NO2S.C2H6/c1-2-18-15(17)13-9-10-7-8-16-12-6-4-3-5-11(12)14(10)19-13;1-2/h3-6,9,16H,2,7-8H2,1H3;1-2H3. The fraction of sp³-hybridized carbons (Fsp3) is 0.353. The fourth-order valence-corrected chi connectivity index (χ4v) is 3.46. The third-order valence-electron chi connectivity index (χ3n) is 3.17. The summed E-state index contributed by atoms with van der Waals surface area (Å²) in [5, 5.41) is 3.42. The van der Waals surface area contributed by atoms with Crippen LogP contribution in [0.1, 0.15) is 36.0 Å². The zero-order chi connectivity index (χ0) is 15.2. The minimum Gasteiger partial charge on any atom is -0.462 e. The molecule has 0 radical (unpaired) electrons. The maximum Gasteiger partial charge on any atom is 0.348 e. The quantitative estimate of drug-likeness (QED) is 0.825. The SMILES string of the molecule is CC.CCOC(=O)c1cc2c(s1)-c1ccccc1NCC2. The normalized spacial score (nSPS) is 12.0. The van der Waals surface area contributed by atoms with Gasteiger partial charge in [-0.25, -0.2) is 4.79 Å². The van der Waals surface area contributed by atoms with Gasteiger partial charge in [-0.1, -0.05) is 32.0 Å². The van der Waals surface area contributed by atoms with E-state index in [-0.39, 0.29) is 5.97 Å². The molecule has 0 spiro atoms. The van der Waals surface area contributed by atoms with E-state index < -0.39 is 0 Å². The Hall–Kier alpha value is -1.81. The van der Waals surface area contributed by atoms with Gasteiger partial charge in [-0.3, -0.25) is 0 Å². The van der Waals surface area contributed by atoms with Gasteiger partial charge in [-0.05, 0) is 31.0 Å². The van der Waals surface area contributed by atoms with Gasteiger partial charge in [0.05, 0.1) is 6.61 Å². The van der Waals surface area contributed by atoms with Crippen LogP contribution in [0.5, 0.6) is 0 Å². The number of benzene rings is 1. The van der Waals surface area contributed by atoms with Crippen molar-refractivity contribution in [1.29, 1.82) is 0 Å².